The van der Waals surface area contributed by atoms with E-state index in [1.807, 2.05) is 0 Å². The second kappa shape index (κ2) is 9.89. The third-order valence-electron chi connectivity index (χ3n) is 4.22. The van der Waals surface area contributed by atoms with Crippen LogP contribution in [0.5, 0.6) is 5.75 Å². The molecular formula is C20H34O2. The van der Waals surface area contributed by atoms with Crippen LogP contribution in [0, 0.1) is 11.8 Å². The zero-order valence-corrected chi connectivity index (χ0v) is 15.1. The molecule has 1 rings (SSSR count). The van der Waals surface area contributed by atoms with Gasteiger partial charge in [-0.3, -0.25) is 0 Å². The molecule has 2 heteroatoms. The van der Waals surface area contributed by atoms with E-state index in [-0.39, 0.29) is 6.61 Å². The van der Waals surface area contributed by atoms with Crippen LogP contribution >= 0.6 is 0 Å². The highest BCUT2D eigenvalue weighted by Crippen LogP contribution is 2.29. The van der Waals surface area contributed by atoms with Crippen molar-refractivity contribution in [3.8, 4) is 5.75 Å². The van der Waals surface area contributed by atoms with E-state index < -0.39 is 0 Å². The van der Waals surface area contributed by atoms with Crippen molar-refractivity contribution in [1.29, 1.82) is 0 Å². The number of aryl methyl sites for hydroxylation is 2. The van der Waals surface area contributed by atoms with Gasteiger partial charge in [-0.25, -0.2) is 0 Å². The Hall–Kier alpha value is -1.02. The first-order valence-corrected chi connectivity index (χ1v) is 8.90. The zero-order valence-electron chi connectivity index (χ0n) is 15.1. The molecule has 1 N–H and O–H groups in total. The first-order chi connectivity index (χ1) is 10.5. The summed E-state index contributed by atoms with van der Waals surface area (Å²) in [7, 11) is 0. The zero-order chi connectivity index (χ0) is 16.5. The number of aliphatic hydroxyl groups is 1. The standard InChI is InChI=1S/C20H34O2/c1-6-18-13-17(12-16(5)9-8-15(3)4)14-19(7-2)20(18)22-11-10-21/h13-16,21H,6-12H2,1-5H3. The summed E-state index contributed by atoms with van der Waals surface area (Å²) in [6, 6.07) is 4.61. The van der Waals surface area contributed by atoms with Crippen LogP contribution in [-0.2, 0) is 19.3 Å². The van der Waals surface area contributed by atoms with Crippen LogP contribution in [0.3, 0.4) is 0 Å². The molecule has 1 unspecified atom stereocenters. The summed E-state index contributed by atoms with van der Waals surface area (Å²) >= 11 is 0. The van der Waals surface area contributed by atoms with Crippen LogP contribution in [0.1, 0.15) is 64.2 Å². The first kappa shape index (κ1) is 19.0. The summed E-state index contributed by atoms with van der Waals surface area (Å²) in [4.78, 5) is 0. The van der Waals surface area contributed by atoms with Gasteiger partial charge in [-0.05, 0) is 47.8 Å². The Morgan fingerprint density at radius 2 is 1.59 bits per heavy atom. The Kier molecular flexibility index (Phi) is 8.55. The third kappa shape index (κ3) is 6.00. The number of rotatable bonds is 10. The molecule has 0 fully saturated rings. The highest BCUT2D eigenvalue weighted by atomic mass is 16.5. The van der Waals surface area contributed by atoms with Gasteiger partial charge in [-0.1, -0.05) is 59.6 Å². The van der Waals surface area contributed by atoms with E-state index in [0.29, 0.717) is 6.61 Å². The van der Waals surface area contributed by atoms with Gasteiger partial charge in [0.2, 0.25) is 0 Å². The third-order valence-corrected chi connectivity index (χ3v) is 4.22. The Morgan fingerprint density at radius 3 is 2.05 bits per heavy atom. The van der Waals surface area contributed by atoms with Gasteiger partial charge < -0.3 is 9.84 Å². The van der Waals surface area contributed by atoms with Crippen LogP contribution in [-0.4, -0.2) is 18.3 Å². The van der Waals surface area contributed by atoms with Crippen molar-refractivity contribution in [2.24, 2.45) is 11.8 Å². The van der Waals surface area contributed by atoms with Crippen LogP contribution in [0.4, 0.5) is 0 Å². The van der Waals surface area contributed by atoms with Crippen LogP contribution in [0.2, 0.25) is 0 Å². The van der Waals surface area contributed by atoms with Crippen LogP contribution in [0.25, 0.3) is 0 Å². The lowest BCUT2D eigenvalue weighted by atomic mass is 9.91. The van der Waals surface area contributed by atoms with Gasteiger partial charge in [0, 0.05) is 0 Å². The number of ether oxygens (including phenoxy) is 1. The maximum atomic E-state index is 9.01. The molecular weight excluding hydrogens is 272 g/mol. The Bertz CT molecular complexity index is 412. The van der Waals surface area contributed by atoms with Gasteiger partial charge in [0.15, 0.2) is 0 Å². The number of hydrogen-bond donors (Lipinski definition) is 1. The average Bonchev–Trinajstić information content (AvgIpc) is 2.50. The predicted octanol–water partition coefficient (Wildman–Crippen LogP) is 4.80. The van der Waals surface area contributed by atoms with Crippen molar-refractivity contribution in [3.63, 3.8) is 0 Å². The average molecular weight is 306 g/mol. The molecule has 126 valence electrons. The lowest BCUT2D eigenvalue weighted by molar-refractivity contribution is 0.199. The van der Waals surface area contributed by atoms with E-state index in [9.17, 15) is 0 Å². The highest BCUT2D eigenvalue weighted by molar-refractivity contribution is 5.45. The fraction of sp³-hybridized carbons (Fsp3) is 0.700. The van der Waals surface area contributed by atoms with E-state index in [1.54, 1.807) is 0 Å². The molecule has 0 spiro atoms. The van der Waals surface area contributed by atoms with Crippen molar-refractivity contribution < 1.29 is 9.84 Å². The van der Waals surface area contributed by atoms with Gasteiger partial charge in [0.05, 0.1) is 6.61 Å². The van der Waals surface area contributed by atoms with Crippen molar-refractivity contribution in [2.45, 2.75) is 66.7 Å². The molecule has 0 aromatic heterocycles. The first-order valence-electron chi connectivity index (χ1n) is 8.90. The topological polar surface area (TPSA) is 29.5 Å². The summed E-state index contributed by atoms with van der Waals surface area (Å²) in [6.07, 6.45) is 5.69. The number of aliphatic hydroxyl groups excluding tert-OH is 1. The summed E-state index contributed by atoms with van der Waals surface area (Å²) < 4.78 is 5.79. The van der Waals surface area contributed by atoms with Crippen molar-refractivity contribution in [2.75, 3.05) is 13.2 Å². The Balaban J connectivity index is 2.87. The van der Waals surface area contributed by atoms with Gasteiger partial charge in [-0.15, -0.1) is 0 Å². The summed E-state index contributed by atoms with van der Waals surface area (Å²) in [6.45, 7) is 11.7. The second-order valence-corrected chi connectivity index (χ2v) is 6.80. The molecule has 0 aliphatic rings. The predicted molar refractivity (Wildman–Crippen MR) is 94.7 cm³/mol. The highest BCUT2D eigenvalue weighted by Gasteiger charge is 2.12. The molecule has 0 radical (unpaired) electrons. The molecule has 0 bridgehead atoms. The molecule has 22 heavy (non-hydrogen) atoms. The van der Waals surface area contributed by atoms with Gasteiger partial charge >= 0.3 is 0 Å². The maximum absolute atomic E-state index is 9.01. The van der Waals surface area contributed by atoms with Gasteiger partial charge in [0.25, 0.3) is 0 Å². The molecule has 0 aliphatic carbocycles. The molecule has 0 heterocycles. The Morgan fingerprint density at radius 1 is 1.00 bits per heavy atom. The molecule has 0 amide bonds. The minimum absolute atomic E-state index is 0.0697. The number of hydrogen-bond acceptors (Lipinski definition) is 2. The molecule has 0 aliphatic heterocycles. The maximum Gasteiger partial charge on any atom is 0.125 e. The van der Waals surface area contributed by atoms with Crippen molar-refractivity contribution >= 4 is 0 Å². The van der Waals surface area contributed by atoms with Crippen LogP contribution < -0.4 is 4.74 Å². The molecule has 1 aromatic carbocycles. The second-order valence-electron chi connectivity index (χ2n) is 6.80. The molecule has 2 nitrogen and oxygen atoms in total. The fourth-order valence-corrected chi connectivity index (χ4v) is 2.93. The molecule has 1 aromatic rings. The van der Waals surface area contributed by atoms with E-state index in [0.717, 1.165) is 36.8 Å². The van der Waals surface area contributed by atoms with E-state index >= 15 is 0 Å². The smallest absolute Gasteiger partial charge is 0.125 e. The number of benzene rings is 1. The van der Waals surface area contributed by atoms with E-state index in [4.69, 9.17) is 9.84 Å². The SMILES string of the molecule is CCc1cc(CC(C)CCC(C)C)cc(CC)c1OCCO. The van der Waals surface area contributed by atoms with Gasteiger partial charge in [-0.2, -0.15) is 0 Å². The monoisotopic (exact) mass is 306 g/mol. The summed E-state index contributed by atoms with van der Waals surface area (Å²) in [5.74, 6) is 2.51. The van der Waals surface area contributed by atoms with Crippen molar-refractivity contribution in [1.82, 2.24) is 0 Å². The molecule has 0 saturated heterocycles. The Labute approximate surface area is 136 Å². The quantitative estimate of drug-likeness (QED) is 0.673. The van der Waals surface area contributed by atoms with Crippen molar-refractivity contribution in [3.05, 3.63) is 28.8 Å². The lowest BCUT2D eigenvalue weighted by Gasteiger charge is -2.18. The largest absolute Gasteiger partial charge is 0.491 e. The van der Waals surface area contributed by atoms with Crippen LogP contribution in [0.15, 0.2) is 12.1 Å². The minimum atomic E-state index is 0.0697. The van der Waals surface area contributed by atoms with E-state index in [1.165, 1.54) is 29.5 Å². The normalized spacial score (nSPS) is 12.7. The summed E-state index contributed by atoms with van der Waals surface area (Å²) in [5.41, 5.74) is 3.99. The lowest BCUT2D eigenvalue weighted by Crippen LogP contribution is -2.08. The fourth-order valence-electron chi connectivity index (χ4n) is 2.93. The molecule has 1 atom stereocenters. The summed E-state index contributed by atoms with van der Waals surface area (Å²) in [5, 5.41) is 9.01. The van der Waals surface area contributed by atoms with E-state index in [2.05, 4.69) is 46.8 Å². The van der Waals surface area contributed by atoms with Gasteiger partial charge in [0.1, 0.15) is 12.4 Å². The molecule has 0 saturated carbocycles. The minimum Gasteiger partial charge on any atom is -0.491 e.